The van der Waals surface area contributed by atoms with E-state index in [0.29, 0.717) is 23.1 Å². The van der Waals surface area contributed by atoms with Crippen LogP contribution in [-0.2, 0) is 4.74 Å². The molecule has 134 valence electrons. The number of carbonyl (C=O) groups excluding carboxylic acids is 2. The summed E-state index contributed by atoms with van der Waals surface area (Å²) in [5.41, 5.74) is 2.33. The molecule has 1 aliphatic rings. The fourth-order valence-corrected chi connectivity index (χ4v) is 3.35. The summed E-state index contributed by atoms with van der Waals surface area (Å²) in [6.07, 6.45) is 2.19. The molecule has 2 heterocycles. The van der Waals surface area contributed by atoms with Crippen LogP contribution in [0.15, 0.2) is 34.7 Å². The van der Waals surface area contributed by atoms with Crippen LogP contribution in [0.5, 0.6) is 5.75 Å². The summed E-state index contributed by atoms with van der Waals surface area (Å²) in [5.74, 6) is 0.169. The first-order chi connectivity index (χ1) is 12.5. The first-order valence-corrected chi connectivity index (χ1v) is 8.51. The Morgan fingerprint density at radius 2 is 1.88 bits per heavy atom. The third-order valence-electron chi connectivity index (χ3n) is 4.67. The molecule has 1 fully saturated rings. The van der Waals surface area contributed by atoms with Crippen molar-refractivity contribution in [2.45, 2.75) is 32.7 Å². The number of methoxy groups -OCH3 is 1. The van der Waals surface area contributed by atoms with Crippen molar-refractivity contribution in [1.29, 1.82) is 0 Å². The van der Waals surface area contributed by atoms with Gasteiger partial charge in [0.1, 0.15) is 11.5 Å². The highest BCUT2D eigenvalue weighted by atomic mass is 16.5. The van der Waals surface area contributed by atoms with Crippen molar-refractivity contribution in [2.75, 3.05) is 7.11 Å². The van der Waals surface area contributed by atoms with Gasteiger partial charge in [0.2, 0.25) is 5.76 Å². The average Bonchev–Trinajstić information content (AvgIpc) is 3.28. The lowest BCUT2D eigenvalue weighted by Gasteiger charge is -2.06. The van der Waals surface area contributed by atoms with E-state index >= 15 is 0 Å². The van der Waals surface area contributed by atoms with Crippen LogP contribution in [0.1, 0.15) is 51.3 Å². The number of furan rings is 1. The lowest BCUT2D eigenvalue weighted by Crippen LogP contribution is -2.07. The van der Waals surface area contributed by atoms with Crippen LogP contribution < -0.4 is 4.74 Å². The summed E-state index contributed by atoms with van der Waals surface area (Å²) in [7, 11) is 1.37. The zero-order chi connectivity index (χ0) is 18.4. The molecule has 0 bridgehead atoms. The summed E-state index contributed by atoms with van der Waals surface area (Å²) in [4.78, 5) is 24.5. The normalized spacial score (nSPS) is 13.8. The number of nitrogens with zero attached hydrogens (tertiary/aromatic N) is 1. The number of hydrogen-bond acceptors (Lipinski definition) is 5. The predicted octanol–water partition coefficient (Wildman–Crippen LogP) is 4.19. The van der Waals surface area contributed by atoms with Crippen molar-refractivity contribution < 1.29 is 23.5 Å². The molecule has 26 heavy (non-hydrogen) atoms. The number of aryl methyl sites for hydroxylation is 1. The molecule has 6 heteroatoms. The molecule has 0 amide bonds. The number of fused-ring (bicyclic) bond motifs is 1. The van der Waals surface area contributed by atoms with E-state index in [1.807, 2.05) is 13.0 Å². The minimum Gasteiger partial charge on any atom is -0.465 e. The molecule has 2 aromatic heterocycles. The van der Waals surface area contributed by atoms with E-state index < -0.39 is 11.9 Å². The minimum absolute atomic E-state index is 0.141. The number of aromatic nitrogens is 1. The molecule has 4 rings (SSSR count). The Bertz CT molecular complexity index is 1020. The lowest BCUT2D eigenvalue weighted by atomic mass is 10.1. The third kappa shape index (κ3) is 2.67. The highest BCUT2D eigenvalue weighted by molar-refractivity contribution is 6.06. The number of hydrogen-bond donors (Lipinski definition) is 0. The summed E-state index contributed by atoms with van der Waals surface area (Å²) >= 11 is 0. The van der Waals surface area contributed by atoms with Crippen LogP contribution in [0.3, 0.4) is 0 Å². The smallest absolute Gasteiger partial charge is 0.379 e. The number of rotatable bonds is 4. The third-order valence-corrected chi connectivity index (χ3v) is 4.67. The van der Waals surface area contributed by atoms with Crippen molar-refractivity contribution in [1.82, 2.24) is 4.57 Å². The lowest BCUT2D eigenvalue weighted by molar-refractivity contribution is 0.0601. The Labute approximate surface area is 150 Å². The Morgan fingerprint density at radius 3 is 2.50 bits per heavy atom. The first-order valence-electron chi connectivity index (χ1n) is 8.51. The molecule has 0 N–H and O–H groups in total. The van der Waals surface area contributed by atoms with E-state index in [-0.39, 0.29) is 5.76 Å². The first kappa shape index (κ1) is 16.4. The van der Waals surface area contributed by atoms with Crippen LogP contribution in [-0.4, -0.2) is 23.6 Å². The van der Waals surface area contributed by atoms with Gasteiger partial charge in [-0.1, -0.05) is 0 Å². The predicted molar refractivity (Wildman–Crippen MR) is 94.7 cm³/mol. The maximum absolute atomic E-state index is 12.3. The van der Waals surface area contributed by atoms with Gasteiger partial charge in [0.15, 0.2) is 0 Å². The van der Waals surface area contributed by atoms with E-state index in [1.165, 1.54) is 7.11 Å². The SMILES string of the molecule is COC(=O)c1c(C)n(C2CC2)c2ccc(OC(=O)c3ccc(C)o3)cc12. The minimum atomic E-state index is -0.574. The number of esters is 2. The highest BCUT2D eigenvalue weighted by Crippen LogP contribution is 2.42. The molecule has 0 unspecified atom stereocenters. The summed E-state index contributed by atoms with van der Waals surface area (Å²) < 4.78 is 17.8. The molecule has 1 aliphatic carbocycles. The fraction of sp³-hybridized carbons (Fsp3) is 0.300. The summed E-state index contributed by atoms with van der Waals surface area (Å²) in [6.45, 7) is 3.68. The molecular formula is C20H19NO5. The molecule has 6 nitrogen and oxygen atoms in total. The van der Waals surface area contributed by atoms with Gasteiger partial charge in [-0.2, -0.15) is 0 Å². The van der Waals surface area contributed by atoms with Crippen LogP contribution in [0.4, 0.5) is 0 Å². The molecule has 0 saturated heterocycles. The number of carbonyl (C=O) groups is 2. The Hall–Kier alpha value is -3.02. The molecule has 0 spiro atoms. The topological polar surface area (TPSA) is 70.7 Å². The van der Waals surface area contributed by atoms with E-state index in [2.05, 4.69) is 4.57 Å². The van der Waals surface area contributed by atoms with E-state index in [0.717, 1.165) is 29.4 Å². The maximum atomic E-state index is 12.3. The van der Waals surface area contributed by atoms with Crippen molar-refractivity contribution in [3.05, 3.63) is 53.1 Å². The van der Waals surface area contributed by atoms with Crippen molar-refractivity contribution in [2.24, 2.45) is 0 Å². The van der Waals surface area contributed by atoms with Crippen molar-refractivity contribution in [3.63, 3.8) is 0 Å². The highest BCUT2D eigenvalue weighted by Gasteiger charge is 2.30. The summed E-state index contributed by atoms with van der Waals surface area (Å²) in [6, 6.07) is 9.01. The van der Waals surface area contributed by atoms with Crippen LogP contribution in [0.25, 0.3) is 10.9 Å². The molecule has 0 radical (unpaired) electrons. The van der Waals surface area contributed by atoms with E-state index in [1.54, 1.807) is 31.2 Å². The second-order valence-corrected chi connectivity index (χ2v) is 6.53. The van der Waals surface area contributed by atoms with Gasteiger partial charge in [-0.15, -0.1) is 0 Å². The van der Waals surface area contributed by atoms with E-state index in [4.69, 9.17) is 13.9 Å². The summed E-state index contributed by atoms with van der Waals surface area (Å²) in [5, 5.41) is 0.724. The average molecular weight is 353 g/mol. The molecule has 1 aromatic carbocycles. The number of ether oxygens (including phenoxy) is 2. The largest absolute Gasteiger partial charge is 0.465 e. The van der Waals surface area contributed by atoms with Gasteiger partial charge in [0, 0.05) is 22.6 Å². The van der Waals surface area contributed by atoms with Crippen LogP contribution in [0.2, 0.25) is 0 Å². The van der Waals surface area contributed by atoms with Crippen LogP contribution in [0, 0.1) is 13.8 Å². The maximum Gasteiger partial charge on any atom is 0.379 e. The molecule has 1 saturated carbocycles. The van der Waals surface area contributed by atoms with Crippen molar-refractivity contribution >= 4 is 22.8 Å². The Balaban J connectivity index is 1.76. The number of benzene rings is 1. The van der Waals surface area contributed by atoms with Gasteiger partial charge in [-0.05, 0) is 57.0 Å². The fourth-order valence-electron chi connectivity index (χ4n) is 3.35. The second-order valence-electron chi connectivity index (χ2n) is 6.53. The van der Waals surface area contributed by atoms with Gasteiger partial charge < -0.3 is 18.5 Å². The molecular weight excluding hydrogens is 334 g/mol. The van der Waals surface area contributed by atoms with Gasteiger partial charge in [-0.25, -0.2) is 9.59 Å². The van der Waals surface area contributed by atoms with Crippen LogP contribution >= 0.6 is 0 Å². The van der Waals surface area contributed by atoms with Gasteiger partial charge in [0.25, 0.3) is 0 Å². The quantitative estimate of drug-likeness (QED) is 0.519. The standard InChI is InChI=1S/C20H19NO5/c1-11-4-9-17(25-11)19(22)26-14-7-8-16-15(10-14)18(20(23)24-3)12(2)21(16)13-5-6-13/h4,7-10,13H,5-6H2,1-3H3. The van der Waals surface area contributed by atoms with Crippen molar-refractivity contribution in [3.8, 4) is 5.75 Å². The molecule has 0 aliphatic heterocycles. The molecule has 0 atom stereocenters. The van der Waals surface area contributed by atoms with Gasteiger partial charge in [0.05, 0.1) is 12.7 Å². The Morgan fingerprint density at radius 1 is 1.12 bits per heavy atom. The van der Waals surface area contributed by atoms with Gasteiger partial charge in [-0.3, -0.25) is 0 Å². The van der Waals surface area contributed by atoms with E-state index in [9.17, 15) is 9.59 Å². The van der Waals surface area contributed by atoms with Gasteiger partial charge >= 0.3 is 11.9 Å². The molecule has 3 aromatic rings. The second kappa shape index (κ2) is 6.05. The zero-order valence-corrected chi connectivity index (χ0v) is 14.9. The zero-order valence-electron chi connectivity index (χ0n) is 14.9. The monoisotopic (exact) mass is 353 g/mol. The Kier molecular flexibility index (Phi) is 3.83.